The molecule has 0 fully saturated rings. The Balaban J connectivity index is 1.97. The Kier molecular flexibility index (Phi) is 12.9. The maximum atomic E-state index is 16.3. The van der Waals surface area contributed by atoms with Crippen LogP contribution in [0.25, 0.3) is 11.1 Å². The molecule has 0 aliphatic heterocycles. The number of thiol groups is 1. The van der Waals surface area contributed by atoms with E-state index in [0.717, 1.165) is 5.56 Å². The van der Waals surface area contributed by atoms with E-state index in [9.17, 15) is 28.0 Å². The summed E-state index contributed by atoms with van der Waals surface area (Å²) in [6.45, 7) is 3.59. The van der Waals surface area contributed by atoms with Gasteiger partial charge in [0.15, 0.2) is 0 Å². The zero-order chi connectivity index (χ0) is 32.3. The number of nitrogens with zero attached hydrogens (tertiary/aromatic N) is 3. The highest BCUT2D eigenvalue weighted by molar-refractivity contribution is 7.89. The molecule has 3 amide bonds. The van der Waals surface area contributed by atoms with E-state index >= 15 is 4.39 Å². The Hall–Kier alpha value is -3.74. The van der Waals surface area contributed by atoms with E-state index in [-0.39, 0.29) is 55.3 Å². The first-order chi connectivity index (χ1) is 21.0. The van der Waals surface area contributed by atoms with E-state index < -0.39 is 31.1 Å². The van der Waals surface area contributed by atoms with Gasteiger partial charge >= 0.3 is 0 Å². The van der Waals surface area contributed by atoms with Crippen molar-refractivity contribution in [3.8, 4) is 11.1 Å². The van der Waals surface area contributed by atoms with Crippen molar-refractivity contribution in [3.05, 3.63) is 89.7 Å². The molecule has 0 radical (unpaired) electrons. The van der Waals surface area contributed by atoms with Gasteiger partial charge in [-0.3, -0.25) is 19.6 Å². The summed E-state index contributed by atoms with van der Waals surface area (Å²) in [5.41, 5.74) is 1.09. The number of carbonyl (C=O) groups is 3. The smallest absolute Gasteiger partial charge is 0.292 e. The fraction of sp³-hybridized carbons (Fsp3) is 0.344. The van der Waals surface area contributed by atoms with E-state index in [1.807, 2.05) is 37.3 Å². The van der Waals surface area contributed by atoms with Crippen molar-refractivity contribution in [2.24, 2.45) is 0 Å². The predicted octanol–water partition coefficient (Wildman–Crippen LogP) is 5.29. The van der Waals surface area contributed by atoms with Gasteiger partial charge in [0, 0.05) is 62.3 Å². The lowest BCUT2D eigenvalue weighted by Gasteiger charge is -2.27. The number of rotatable bonds is 15. The molecule has 0 unspecified atom stereocenters. The zero-order valence-corrected chi connectivity index (χ0v) is 26.6. The van der Waals surface area contributed by atoms with Crippen LogP contribution in [0.2, 0.25) is 0 Å². The van der Waals surface area contributed by atoms with E-state index in [2.05, 4.69) is 12.6 Å². The first kappa shape index (κ1) is 34.7. The molecule has 3 rings (SSSR count). The molecular weight excluding hydrogens is 605 g/mol. The highest BCUT2D eigenvalue weighted by Crippen LogP contribution is 2.34. The van der Waals surface area contributed by atoms with Crippen molar-refractivity contribution in [3.63, 3.8) is 0 Å². The second-order valence-corrected chi connectivity index (χ2v) is 12.3. The number of hydroxylamine groups is 1. The first-order valence-electron chi connectivity index (χ1n) is 14.4. The number of carbonyl (C=O) groups excluding carboxylic acids is 3. The third-order valence-electron chi connectivity index (χ3n) is 6.98. The Bertz CT molecular complexity index is 1540. The van der Waals surface area contributed by atoms with Gasteiger partial charge < -0.3 is 9.80 Å². The molecule has 0 aliphatic rings. The van der Waals surface area contributed by atoms with Crippen LogP contribution in [0.5, 0.6) is 0 Å². The maximum absolute atomic E-state index is 16.3. The van der Waals surface area contributed by atoms with Crippen molar-refractivity contribution in [2.75, 3.05) is 18.8 Å². The second-order valence-electron chi connectivity index (χ2n) is 10.1. The molecule has 236 valence electrons. The molecule has 0 spiro atoms. The molecule has 9 nitrogen and oxygen atoms in total. The molecule has 44 heavy (non-hydrogen) atoms. The molecule has 0 bridgehead atoms. The van der Waals surface area contributed by atoms with E-state index in [1.165, 1.54) is 24.0 Å². The minimum atomic E-state index is -5.03. The van der Waals surface area contributed by atoms with Crippen LogP contribution in [-0.2, 0) is 37.5 Å². The van der Waals surface area contributed by atoms with Gasteiger partial charge in [0.2, 0.25) is 11.8 Å². The van der Waals surface area contributed by atoms with Crippen molar-refractivity contribution in [1.82, 2.24) is 14.3 Å². The SMILES string of the molecule is CCCC(=O)N(CCC(=O)N(CCS)Cc1ccccc1)Cc1ccc(-c2ccccc2)c(S(=O)(=O)N(O)C(=O)CC)c1F. The summed E-state index contributed by atoms with van der Waals surface area (Å²) in [4.78, 5) is 40.6. The molecule has 3 aromatic rings. The molecule has 12 heteroatoms. The Morgan fingerprint density at radius 2 is 1.39 bits per heavy atom. The van der Waals surface area contributed by atoms with Crippen LogP contribution >= 0.6 is 12.6 Å². The lowest BCUT2D eigenvalue weighted by atomic mass is 10.0. The van der Waals surface area contributed by atoms with Gasteiger partial charge in [-0.05, 0) is 17.5 Å². The summed E-state index contributed by atoms with van der Waals surface area (Å²) in [5.74, 6) is -2.43. The summed E-state index contributed by atoms with van der Waals surface area (Å²) in [6.07, 6.45) is 0.277. The topological polar surface area (TPSA) is 115 Å². The fourth-order valence-corrected chi connectivity index (χ4v) is 6.28. The van der Waals surface area contributed by atoms with E-state index in [0.29, 0.717) is 30.8 Å². The summed E-state index contributed by atoms with van der Waals surface area (Å²) < 4.78 is 42.6. The monoisotopic (exact) mass is 643 g/mol. The molecule has 3 aromatic carbocycles. The van der Waals surface area contributed by atoms with Gasteiger partial charge in [0.25, 0.3) is 15.9 Å². The van der Waals surface area contributed by atoms with E-state index in [1.54, 1.807) is 35.2 Å². The second kappa shape index (κ2) is 16.4. The lowest BCUT2D eigenvalue weighted by Crippen LogP contribution is -2.38. The van der Waals surface area contributed by atoms with Gasteiger partial charge in [-0.1, -0.05) is 86.6 Å². The summed E-state index contributed by atoms with van der Waals surface area (Å²) >= 11 is 4.28. The number of hydrogen-bond acceptors (Lipinski definition) is 7. The molecule has 0 saturated carbocycles. The quantitative estimate of drug-likeness (QED) is 0.132. The van der Waals surface area contributed by atoms with Gasteiger partial charge in [-0.25, -0.2) is 4.39 Å². The Morgan fingerprint density at radius 3 is 1.98 bits per heavy atom. The molecule has 1 N–H and O–H groups in total. The number of hydrogen-bond donors (Lipinski definition) is 2. The first-order valence-corrected chi connectivity index (χ1v) is 16.5. The Morgan fingerprint density at radius 1 is 0.795 bits per heavy atom. The van der Waals surface area contributed by atoms with Crippen molar-refractivity contribution < 1.29 is 32.4 Å². The van der Waals surface area contributed by atoms with Crippen molar-refractivity contribution in [1.29, 1.82) is 0 Å². The molecule has 0 aliphatic carbocycles. The Labute approximate surface area is 263 Å². The van der Waals surface area contributed by atoms with Crippen LogP contribution in [0, 0.1) is 5.82 Å². The lowest BCUT2D eigenvalue weighted by molar-refractivity contribution is -0.145. The number of halogens is 1. The average Bonchev–Trinajstić information content (AvgIpc) is 3.03. The third-order valence-corrected chi connectivity index (χ3v) is 8.75. The van der Waals surface area contributed by atoms with Crippen molar-refractivity contribution >= 4 is 40.4 Å². The van der Waals surface area contributed by atoms with Gasteiger partial charge in [-0.2, -0.15) is 21.0 Å². The number of amides is 3. The van der Waals surface area contributed by atoms with Crippen LogP contribution in [-0.4, -0.2) is 64.5 Å². The maximum Gasteiger partial charge on any atom is 0.292 e. The molecule has 0 atom stereocenters. The van der Waals surface area contributed by atoms with Crippen LogP contribution in [0.1, 0.15) is 50.7 Å². The minimum Gasteiger partial charge on any atom is -0.338 e. The number of sulfonamides is 1. The third kappa shape index (κ3) is 8.67. The van der Waals surface area contributed by atoms with Crippen LogP contribution in [0.4, 0.5) is 4.39 Å². The summed E-state index contributed by atoms with van der Waals surface area (Å²) in [6, 6.07) is 20.3. The molecule has 0 aromatic heterocycles. The standard InChI is InChI=1S/C32H38FN3O6S2/c1-3-11-29(38)34(19-18-30(39)35(20-21-43)22-24-12-7-5-8-13-24)23-26-16-17-27(25-14-9-6-10-15-25)32(31(26)33)44(41,42)36(40)28(37)4-2/h5-10,12-17,40,43H,3-4,11,18-23H2,1-2H3. The van der Waals surface area contributed by atoms with Crippen LogP contribution in [0.15, 0.2) is 77.7 Å². The largest absolute Gasteiger partial charge is 0.338 e. The van der Waals surface area contributed by atoms with Gasteiger partial charge in [0.05, 0.1) is 0 Å². The molecular formula is C32H38FN3O6S2. The summed E-state index contributed by atoms with van der Waals surface area (Å²) in [5, 5.41) is 10.3. The zero-order valence-electron chi connectivity index (χ0n) is 24.9. The highest BCUT2D eigenvalue weighted by atomic mass is 32.2. The predicted molar refractivity (Wildman–Crippen MR) is 169 cm³/mol. The molecule has 0 heterocycles. The van der Waals surface area contributed by atoms with Crippen LogP contribution in [0.3, 0.4) is 0 Å². The normalized spacial score (nSPS) is 11.2. The molecule has 0 saturated heterocycles. The fourth-order valence-electron chi connectivity index (χ4n) is 4.65. The van der Waals surface area contributed by atoms with Gasteiger partial charge in [-0.15, -0.1) is 4.47 Å². The summed E-state index contributed by atoms with van der Waals surface area (Å²) in [7, 11) is -5.03. The highest BCUT2D eigenvalue weighted by Gasteiger charge is 2.34. The van der Waals surface area contributed by atoms with Crippen LogP contribution < -0.4 is 0 Å². The van der Waals surface area contributed by atoms with Crippen molar-refractivity contribution in [2.45, 2.75) is 57.5 Å². The van der Waals surface area contributed by atoms with E-state index in [4.69, 9.17) is 0 Å². The van der Waals surface area contributed by atoms with Gasteiger partial charge in [0.1, 0.15) is 10.7 Å². The average molecular weight is 644 g/mol. The minimum absolute atomic E-state index is 0.0298. The number of benzene rings is 3.